The third-order valence-corrected chi connectivity index (χ3v) is 2.45. The molecule has 0 bridgehead atoms. The number of hydrogen-bond acceptors (Lipinski definition) is 3. The summed E-state index contributed by atoms with van der Waals surface area (Å²) in [6.07, 6.45) is 1.47. The van der Waals surface area contributed by atoms with E-state index in [0.717, 1.165) is 4.90 Å². The number of pyridine rings is 1. The Hall–Kier alpha value is -1.98. The zero-order valence-corrected chi connectivity index (χ0v) is 9.55. The molecule has 0 spiro atoms. The quantitative estimate of drug-likeness (QED) is 0.801. The highest BCUT2D eigenvalue weighted by molar-refractivity contribution is 5.96. The fraction of sp³-hybridized carbons (Fsp3) is 0.364. The number of carboxylic acids is 1. The van der Waals surface area contributed by atoms with Gasteiger partial charge in [-0.15, -0.1) is 0 Å². The van der Waals surface area contributed by atoms with Crippen molar-refractivity contribution >= 4 is 11.9 Å². The summed E-state index contributed by atoms with van der Waals surface area (Å²) in [5.41, 5.74) is -0.227. The summed E-state index contributed by atoms with van der Waals surface area (Å²) in [5.74, 6) is -2.71. The number of carbonyl (C=O) groups is 2. The number of rotatable bonds is 4. The average Bonchev–Trinajstić information content (AvgIpc) is 2.29. The highest BCUT2D eigenvalue weighted by Gasteiger charge is 2.27. The number of aromatic nitrogens is 1. The van der Waals surface area contributed by atoms with E-state index >= 15 is 0 Å². The van der Waals surface area contributed by atoms with Gasteiger partial charge in [-0.2, -0.15) is 4.39 Å². The van der Waals surface area contributed by atoms with Crippen LogP contribution in [0, 0.1) is 5.95 Å². The molecule has 0 aliphatic carbocycles. The molecule has 0 fully saturated rings. The number of halogens is 1. The second kappa shape index (κ2) is 5.38. The van der Waals surface area contributed by atoms with E-state index in [1.165, 1.54) is 25.4 Å². The predicted molar refractivity (Wildman–Crippen MR) is 58.0 cm³/mol. The Morgan fingerprint density at radius 3 is 2.71 bits per heavy atom. The number of amides is 1. The summed E-state index contributed by atoms with van der Waals surface area (Å²) in [7, 11) is 1.33. The zero-order chi connectivity index (χ0) is 13.0. The van der Waals surface area contributed by atoms with Crippen molar-refractivity contribution in [1.29, 1.82) is 0 Å². The lowest BCUT2D eigenvalue weighted by Gasteiger charge is -2.23. The van der Waals surface area contributed by atoms with E-state index in [1.54, 1.807) is 6.92 Å². The van der Waals surface area contributed by atoms with Crippen molar-refractivity contribution < 1.29 is 19.1 Å². The molecule has 0 aromatic carbocycles. The number of likely N-dealkylation sites (N-methyl/N-ethyl adjacent to an activating group) is 1. The number of hydrogen-bond donors (Lipinski definition) is 1. The Morgan fingerprint density at radius 1 is 1.59 bits per heavy atom. The molecule has 0 saturated heterocycles. The van der Waals surface area contributed by atoms with Gasteiger partial charge < -0.3 is 10.0 Å². The second-order valence-electron chi connectivity index (χ2n) is 3.52. The van der Waals surface area contributed by atoms with E-state index in [2.05, 4.69) is 4.98 Å². The molecule has 1 heterocycles. The highest BCUT2D eigenvalue weighted by atomic mass is 19.1. The molecule has 1 rings (SSSR count). The molecule has 0 saturated carbocycles. The number of aliphatic carboxylic acids is 1. The largest absolute Gasteiger partial charge is 0.480 e. The monoisotopic (exact) mass is 240 g/mol. The molecule has 5 nitrogen and oxygen atoms in total. The van der Waals surface area contributed by atoms with Crippen LogP contribution in [0.2, 0.25) is 0 Å². The van der Waals surface area contributed by atoms with Crippen molar-refractivity contribution in [2.75, 3.05) is 7.05 Å². The topological polar surface area (TPSA) is 70.5 Å². The second-order valence-corrected chi connectivity index (χ2v) is 3.52. The third kappa shape index (κ3) is 2.77. The van der Waals surface area contributed by atoms with Gasteiger partial charge >= 0.3 is 5.97 Å². The van der Waals surface area contributed by atoms with Gasteiger partial charge in [0.15, 0.2) is 0 Å². The molecule has 1 atom stereocenters. The van der Waals surface area contributed by atoms with E-state index in [9.17, 15) is 14.0 Å². The predicted octanol–water partition coefficient (Wildman–Crippen LogP) is 1.16. The first kappa shape index (κ1) is 13.1. The number of carboxylic acid groups (broad SMARTS) is 1. The molecule has 1 aromatic rings. The van der Waals surface area contributed by atoms with Crippen molar-refractivity contribution in [2.24, 2.45) is 0 Å². The van der Waals surface area contributed by atoms with Crippen LogP contribution in [0.5, 0.6) is 0 Å². The van der Waals surface area contributed by atoms with E-state index in [1.807, 2.05) is 0 Å². The Balaban J connectivity index is 2.98. The Kier molecular flexibility index (Phi) is 4.14. The minimum atomic E-state index is -1.12. The summed E-state index contributed by atoms with van der Waals surface area (Å²) < 4.78 is 13.3. The van der Waals surface area contributed by atoms with Crippen LogP contribution in [0.15, 0.2) is 18.3 Å². The van der Waals surface area contributed by atoms with Crippen LogP contribution >= 0.6 is 0 Å². The van der Waals surface area contributed by atoms with Crippen LogP contribution in [-0.4, -0.2) is 40.0 Å². The molecule has 1 N–H and O–H groups in total. The fourth-order valence-electron chi connectivity index (χ4n) is 1.49. The maximum Gasteiger partial charge on any atom is 0.326 e. The molecule has 0 aliphatic rings. The molecule has 0 aliphatic heterocycles. The normalized spacial score (nSPS) is 11.9. The smallest absolute Gasteiger partial charge is 0.326 e. The maximum atomic E-state index is 13.3. The first-order valence-corrected chi connectivity index (χ1v) is 5.09. The van der Waals surface area contributed by atoms with Gasteiger partial charge in [-0.25, -0.2) is 9.78 Å². The highest BCUT2D eigenvalue weighted by Crippen LogP contribution is 2.11. The van der Waals surface area contributed by atoms with Gasteiger partial charge in [0.25, 0.3) is 5.91 Å². The molecule has 92 valence electrons. The third-order valence-electron chi connectivity index (χ3n) is 2.45. The lowest BCUT2D eigenvalue weighted by Crippen LogP contribution is -2.42. The van der Waals surface area contributed by atoms with Crippen LogP contribution in [0.25, 0.3) is 0 Å². The van der Waals surface area contributed by atoms with Crippen LogP contribution in [0.4, 0.5) is 4.39 Å². The van der Waals surface area contributed by atoms with Gasteiger partial charge in [0.05, 0.1) is 5.56 Å². The summed E-state index contributed by atoms with van der Waals surface area (Å²) in [6.45, 7) is 1.64. The van der Waals surface area contributed by atoms with E-state index in [0.29, 0.717) is 0 Å². The van der Waals surface area contributed by atoms with E-state index < -0.39 is 23.9 Å². The summed E-state index contributed by atoms with van der Waals surface area (Å²) in [5, 5.41) is 8.91. The molecule has 1 amide bonds. The standard InChI is InChI=1S/C11H13FN2O3/c1-3-8(11(16)17)14(2)10(15)7-5-4-6-13-9(7)12/h4-6,8H,3H2,1-2H3,(H,16,17). The molecule has 0 radical (unpaired) electrons. The molecular weight excluding hydrogens is 227 g/mol. The summed E-state index contributed by atoms with van der Waals surface area (Å²) in [4.78, 5) is 27.1. The molecule has 1 aromatic heterocycles. The molecule has 17 heavy (non-hydrogen) atoms. The van der Waals surface area contributed by atoms with Gasteiger partial charge in [-0.05, 0) is 18.6 Å². The first-order valence-electron chi connectivity index (χ1n) is 5.09. The van der Waals surface area contributed by atoms with Crippen molar-refractivity contribution in [3.63, 3.8) is 0 Å². The fourth-order valence-corrected chi connectivity index (χ4v) is 1.49. The minimum Gasteiger partial charge on any atom is -0.480 e. The van der Waals surface area contributed by atoms with Gasteiger partial charge in [0, 0.05) is 13.2 Å². The van der Waals surface area contributed by atoms with Crippen LogP contribution in [-0.2, 0) is 4.79 Å². The summed E-state index contributed by atoms with van der Waals surface area (Å²) in [6, 6.07) is 1.73. The lowest BCUT2D eigenvalue weighted by atomic mass is 10.1. The minimum absolute atomic E-state index is 0.227. The van der Waals surface area contributed by atoms with Gasteiger partial charge in [-0.3, -0.25) is 4.79 Å². The van der Waals surface area contributed by atoms with Crippen molar-refractivity contribution in [3.05, 3.63) is 29.8 Å². The van der Waals surface area contributed by atoms with Gasteiger partial charge in [-0.1, -0.05) is 6.92 Å². The Morgan fingerprint density at radius 2 is 2.24 bits per heavy atom. The Bertz CT molecular complexity index is 436. The average molecular weight is 240 g/mol. The van der Waals surface area contributed by atoms with Crippen molar-refractivity contribution in [3.8, 4) is 0 Å². The maximum absolute atomic E-state index is 13.3. The molecule has 6 heteroatoms. The van der Waals surface area contributed by atoms with Crippen LogP contribution < -0.4 is 0 Å². The van der Waals surface area contributed by atoms with Crippen LogP contribution in [0.1, 0.15) is 23.7 Å². The molecular formula is C11H13FN2O3. The van der Waals surface area contributed by atoms with Gasteiger partial charge in [0.1, 0.15) is 6.04 Å². The summed E-state index contributed by atoms with van der Waals surface area (Å²) >= 11 is 0. The number of nitrogens with zero attached hydrogens (tertiary/aromatic N) is 2. The van der Waals surface area contributed by atoms with E-state index in [4.69, 9.17) is 5.11 Å². The number of carbonyl (C=O) groups excluding carboxylic acids is 1. The first-order chi connectivity index (χ1) is 7.99. The molecule has 1 unspecified atom stereocenters. The lowest BCUT2D eigenvalue weighted by molar-refractivity contribution is -0.142. The van der Waals surface area contributed by atoms with Crippen molar-refractivity contribution in [2.45, 2.75) is 19.4 Å². The van der Waals surface area contributed by atoms with E-state index in [-0.39, 0.29) is 12.0 Å². The SMILES string of the molecule is CCC(C(=O)O)N(C)C(=O)c1cccnc1F. The van der Waals surface area contributed by atoms with Gasteiger partial charge in [0.2, 0.25) is 5.95 Å². The Labute approximate surface area is 97.9 Å². The zero-order valence-electron chi connectivity index (χ0n) is 9.55. The van der Waals surface area contributed by atoms with Crippen LogP contribution in [0.3, 0.4) is 0 Å². The van der Waals surface area contributed by atoms with Crippen molar-refractivity contribution in [1.82, 2.24) is 9.88 Å².